The highest BCUT2D eigenvalue weighted by atomic mass is 19.2. The Morgan fingerprint density at radius 2 is 2.00 bits per heavy atom. The van der Waals surface area contributed by atoms with Crippen LogP contribution in [0.15, 0.2) is 18.2 Å². The molecule has 1 aromatic carbocycles. The molecule has 1 atom stereocenters. The SMILES string of the molecule is O=C1CCCC(C(=O)c2ccc(F)c(F)c2)C1. The van der Waals surface area contributed by atoms with Crippen molar-refractivity contribution >= 4 is 11.6 Å². The number of carbonyl (C=O) groups is 2. The highest BCUT2D eigenvalue weighted by Crippen LogP contribution is 2.25. The average Bonchev–Trinajstić information content (AvgIpc) is 2.32. The van der Waals surface area contributed by atoms with Gasteiger partial charge in [-0.3, -0.25) is 9.59 Å². The first-order valence-electron chi connectivity index (χ1n) is 5.59. The number of hydrogen-bond donors (Lipinski definition) is 0. The highest BCUT2D eigenvalue weighted by molar-refractivity contribution is 6.00. The minimum absolute atomic E-state index is 0.0668. The van der Waals surface area contributed by atoms with Crippen LogP contribution >= 0.6 is 0 Å². The molecule has 1 unspecified atom stereocenters. The Kier molecular flexibility index (Phi) is 3.31. The van der Waals surface area contributed by atoms with Crippen LogP contribution in [-0.2, 0) is 4.79 Å². The van der Waals surface area contributed by atoms with Gasteiger partial charge in [-0.15, -0.1) is 0 Å². The zero-order valence-electron chi connectivity index (χ0n) is 9.21. The summed E-state index contributed by atoms with van der Waals surface area (Å²) >= 11 is 0. The first kappa shape index (κ1) is 11.9. The van der Waals surface area contributed by atoms with E-state index < -0.39 is 11.6 Å². The molecule has 0 N–H and O–H groups in total. The number of carbonyl (C=O) groups excluding carboxylic acids is 2. The third-order valence-corrected chi connectivity index (χ3v) is 3.06. The molecule has 4 heteroatoms. The van der Waals surface area contributed by atoms with E-state index in [1.807, 2.05) is 0 Å². The number of halogens is 2. The monoisotopic (exact) mass is 238 g/mol. The van der Waals surface area contributed by atoms with Crippen LogP contribution in [0.4, 0.5) is 8.78 Å². The predicted molar refractivity (Wildman–Crippen MR) is 57.7 cm³/mol. The number of Topliss-reactive ketones (excluding diaryl/α,β-unsaturated/α-hetero) is 2. The van der Waals surface area contributed by atoms with E-state index in [0.29, 0.717) is 19.3 Å². The van der Waals surface area contributed by atoms with E-state index in [0.717, 1.165) is 12.1 Å². The number of benzene rings is 1. The van der Waals surface area contributed by atoms with E-state index in [2.05, 4.69) is 0 Å². The van der Waals surface area contributed by atoms with Crippen molar-refractivity contribution in [2.45, 2.75) is 25.7 Å². The molecule has 2 nitrogen and oxygen atoms in total. The Morgan fingerprint density at radius 3 is 2.65 bits per heavy atom. The van der Waals surface area contributed by atoms with Crippen LogP contribution in [0.5, 0.6) is 0 Å². The van der Waals surface area contributed by atoms with Gasteiger partial charge in [0.2, 0.25) is 0 Å². The van der Waals surface area contributed by atoms with Crippen molar-refractivity contribution in [3.8, 4) is 0 Å². The van der Waals surface area contributed by atoms with Gasteiger partial charge in [0.25, 0.3) is 0 Å². The lowest BCUT2D eigenvalue weighted by atomic mass is 9.83. The van der Waals surface area contributed by atoms with Crippen molar-refractivity contribution in [2.24, 2.45) is 5.92 Å². The van der Waals surface area contributed by atoms with Gasteiger partial charge in [0.1, 0.15) is 5.78 Å². The van der Waals surface area contributed by atoms with Gasteiger partial charge in [0.05, 0.1) is 0 Å². The van der Waals surface area contributed by atoms with Gasteiger partial charge >= 0.3 is 0 Å². The smallest absolute Gasteiger partial charge is 0.166 e. The van der Waals surface area contributed by atoms with E-state index in [9.17, 15) is 18.4 Å². The molecule has 1 aromatic rings. The van der Waals surface area contributed by atoms with Gasteiger partial charge < -0.3 is 0 Å². The van der Waals surface area contributed by atoms with Gasteiger partial charge in [-0.2, -0.15) is 0 Å². The average molecular weight is 238 g/mol. The fraction of sp³-hybridized carbons (Fsp3) is 0.385. The molecule has 1 fully saturated rings. The van der Waals surface area contributed by atoms with Crippen molar-refractivity contribution in [2.75, 3.05) is 0 Å². The quantitative estimate of drug-likeness (QED) is 0.742. The zero-order chi connectivity index (χ0) is 12.4. The minimum atomic E-state index is -1.03. The number of hydrogen-bond acceptors (Lipinski definition) is 2. The molecule has 1 aliphatic rings. The predicted octanol–water partition coefficient (Wildman–Crippen LogP) is 2.91. The third kappa shape index (κ3) is 2.57. The largest absolute Gasteiger partial charge is 0.300 e. The van der Waals surface area contributed by atoms with Crippen LogP contribution in [-0.4, -0.2) is 11.6 Å². The van der Waals surface area contributed by atoms with Crippen molar-refractivity contribution in [1.29, 1.82) is 0 Å². The van der Waals surface area contributed by atoms with Gasteiger partial charge in [0.15, 0.2) is 17.4 Å². The van der Waals surface area contributed by atoms with Crippen molar-refractivity contribution in [3.05, 3.63) is 35.4 Å². The van der Waals surface area contributed by atoms with Gasteiger partial charge in [0, 0.05) is 24.3 Å². The van der Waals surface area contributed by atoms with Gasteiger partial charge in [-0.05, 0) is 31.0 Å². The van der Waals surface area contributed by atoms with E-state index >= 15 is 0 Å². The Morgan fingerprint density at radius 1 is 1.24 bits per heavy atom. The molecular formula is C13H12F2O2. The lowest BCUT2D eigenvalue weighted by molar-refractivity contribution is -0.121. The second-order valence-electron chi connectivity index (χ2n) is 4.33. The van der Waals surface area contributed by atoms with Crippen LogP contribution in [0, 0.1) is 17.6 Å². The molecule has 0 heterocycles. The van der Waals surface area contributed by atoms with Crippen molar-refractivity contribution in [1.82, 2.24) is 0 Å². The summed E-state index contributed by atoms with van der Waals surface area (Å²) in [5.41, 5.74) is 0.142. The molecule has 0 bridgehead atoms. The van der Waals surface area contributed by atoms with E-state index in [1.165, 1.54) is 6.07 Å². The first-order valence-corrected chi connectivity index (χ1v) is 5.59. The van der Waals surface area contributed by atoms with E-state index in [4.69, 9.17) is 0 Å². The fourth-order valence-corrected chi connectivity index (χ4v) is 2.13. The fourth-order valence-electron chi connectivity index (χ4n) is 2.13. The maximum Gasteiger partial charge on any atom is 0.166 e. The summed E-state index contributed by atoms with van der Waals surface area (Å²) in [5.74, 6) is -2.57. The Bertz CT molecular complexity index is 468. The van der Waals surface area contributed by atoms with Crippen LogP contribution in [0.2, 0.25) is 0 Å². The topological polar surface area (TPSA) is 34.1 Å². The number of rotatable bonds is 2. The van der Waals surface area contributed by atoms with E-state index in [1.54, 1.807) is 0 Å². The summed E-state index contributed by atoms with van der Waals surface area (Å²) in [6.45, 7) is 0. The summed E-state index contributed by atoms with van der Waals surface area (Å²) in [6, 6.07) is 3.10. The highest BCUT2D eigenvalue weighted by Gasteiger charge is 2.26. The molecule has 90 valence electrons. The summed E-state index contributed by atoms with van der Waals surface area (Å²) in [7, 11) is 0. The van der Waals surface area contributed by atoms with E-state index in [-0.39, 0.29) is 29.5 Å². The standard InChI is InChI=1S/C13H12F2O2/c14-11-5-4-9(7-12(11)15)13(17)8-2-1-3-10(16)6-8/h4-5,7-8H,1-3,6H2. The first-order chi connectivity index (χ1) is 8.08. The lowest BCUT2D eigenvalue weighted by Gasteiger charge is -2.19. The normalized spacial score (nSPS) is 20.4. The molecule has 0 spiro atoms. The van der Waals surface area contributed by atoms with Crippen LogP contribution in [0.25, 0.3) is 0 Å². The maximum absolute atomic E-state index is 13.0. The summed E-state index contributed by atoms with van der Waals surface area (Å²) in [5, 5.41) is 0. The van der Waals surface area contributed by atoms with Crippen molar-refractivity contribution in [3.63, 3.8) is 0 Å². The van der Waals surface area contributed by atoms with Crippen molar-refractivity contribution < 1.29 is 18.4 Å². The summed E-state index contributed by atoms with van der Waals surface area (Å²) in [6.07, 6.45) is 2.07. The maximum atomic E-state index is 13.0. The molecule has 1 saturated carbocycles. The van der Waals surface area contributed by atoms with Crippen LogP contribution in [0.3, 0.4) is 0 Å². The number of ketones is 2. The van der Waals surface area contributed by atoms with Crippen LogP contribution in [0.1, 0.15) is 36.0 Å². The molecule has 0 saturated heterocycles. The molecule has 1 aliphatic carbocycles. The molecule has 0 radical (unpaired) electrons. The molecule has 0 aromatic heterocycles. The second kappa shape index (κ2) is 4.73. The Balaban J connectivity index is 2.18. The van der Waals surface area contributed by atoms with Gasteiger partial charge in [-0.25, -0.2) is 8.78 Å². The molecule has 17 heavy (non-hydrogen) atoms. The third-order valence-electron chi connectivity index (χ3n) is 3.06. The molecule has 0 amide bonds. The molecular weight excluding hydrogens is 226 g/mol. The molecule has 0 aliphatic heterocycles. The lowest BCUT2D eigenvalue weighted by Crippen LogP contribution is -2.23. The zero-order valence-corrected chi connectivity index (χ0v) is 9.21. The summed E-state index contributed by atoms with van der Waals surface area (Å²) in [4.78, 5) is 23.2. The minimum Gasteiger partial charge on any atom is -0.300 e. The summed E-state index contributed by atoms with van der Waals surface area (Å²) < 4.78 is 25.7. The molecule has 2 rings (SSSR count). The Labute approximate surface area is 97.6 Å². The Hall–Kier alpha value is -1.58. The van der Waals surface area contributed by atoms with Crippen LogP contribution < -0.4 is 0 Å². The second-order valence-corrected chi connectivity index (χ2v) is 4.33. The van der Waals surface area contributed by atoms with Gasteiger partial charge in [-0.1, -0.05) is 0 Å².